The fourth-order valence-corrected chi connectivity index (χ4v) is 1.55. The van der Waals surface area contributed by atoms with Crippen molar-refractivity contribution < 1.29 is 4.74 Å². The summed E-state index contributed by atoms with van der Waals surface area (Å²) in [6.07, 6.45) is 5.39. The highest BCUT2D eigenvalue weighted by atomic mass is 16.5. The molecule has 0 radical (unpaired) electrons. The first-order valence-electron chi connectivity index (χ1n) is 5.80. The third-order valence-corrected chi connectivity index (χ3v) is 2.44. The van der Waals surface area contributed by atoms with Crippen LogP contribution in [0.1, 0.15) is 25.5 Å². The highest BCUT2D eigenvalue weighted by molar-refractivity contribution is 5.07. The van der Waals surface area contributed by atoms with E-state index in [0.717, 1.165) is 32.6 Å². The minimum atomic E-state index is 0.709. The van der Waals surface area contributed by atoms with E-state index in [1.165, 1.54) is 12.1 Å². The number of nitrogens with zero attached hydrogens (tertiary/aromatic N) is 1. The van der Waals surface area contributed by atoms with Gasteiger partial charge >= 0.3 is 0 Å². The van der Waals surface area contributed by atoms with Crippen molar-refractivity contribution in [3.05, 3.63) is 24.0 Å². The summed E-state index contributed by atoms with van der Waals surface area (Å²) in [4.78, 5) is 0. The zero-order chi connectivity index (χ0) is 10.9. The van der Waals surface area contributed by atoms with E-state index in [2.05, 4.69) is 29.8 Å². The van der Waals surface area contributed by atoms with Crippen molar-refractivity contribution in [1.29, 1.82) is 0 Å². The summed E-state index contributed by atoms with van der Waals surface area (Å²) in [5, 5.41) is 0. The zero-order valence-electron chi connectivity index (χ0n) is 9.61. The first kappa shape index (κ1) is 12.3. The normalized spacial score (nSPS) is 10.8. The number of aromatic nitrogens is 1. The molecule has 0 unspecified atom stereocenters. The topological polar surface area (TPSA) is 40.2 Å². The summed E-state index contributed by atoms with van der Waals surface area (Å²) >= 11 is 0. The molecule has 0 fully saturated rings. The molecule has 0 atom stereocenters. The second-order valence-corrected chi connectivity index (χ2v) is 3.70. The molecule has 3 heteroatoms. The van der Waals surface area contributed by atoms with Gasteiger partial charge in [0.2, 0.25) is 0 Å². The smallest absolute Gasteiger partial charge is 0.0645 e. The van der Waals surface area contributed by atoms with Gasteiger partial charge in [0.05, 0.1) is 6.61 Å². The van der Waals surface area contributed by atoms with E-state index in [4.69, 9.17) is 10.5 Å². The van der Waals surface area contributed by atoms with Gasteiger partial charge in [-0.05, 0) is 31.5 Å². The van der Waals surface area contributed by atoms with Crippen molar-refractivity contribution >= 4 is 0 Å². The zero-order valence-corrected chi connectivity index (χ0v) is 9.61. The molecule has 3 nitrogen and oxygen atoms in total. The summed E-state index contributed by atoms with van der Waals surface area (Å²) < 4.78 is 7.75. The fourth-order valence-electron chi connectivity index (χ4n) is 1.55. The second-order valence-electron chi connectivity index (χ2n) is 3.70. The third-order valence-electron chi connectivity index (χ3n) is 2.44. The highest BCUT2D eigenvalue weighted by Gasteiger charge is 1.98. The number of ether oxygens (including phenoxy) is 1. The molecule has 0 saturated heterocycles. The van der Waals surface area contributed by atoms with Crippen LogP contribution in [-0.2, 0) is 17.7 Å². The van der Waals surface area contributed by atoms with Gasteiger partial charge in [-0.15, -0.1) is 0 Å². The monoisotopic (exact) mass is 210 g/mol. The van der Waals surface area contributed by atoms with E-state index in [-0.39, 0.29) is 0 Å². The summed E-state index contributed by atoms with van der Waals surface area (Å²) in [6.45, 7) is 5.50. The van der Waals surface area contributed by atoms with Gasteiger partial charge in [0.15, 0.2) is 0 Å². The van der Waals surface area contributed by atoms with Gasteiger partial charge in [-0.3, -0.25) is 0 Å². The predicted octanol–water partition coefficient (Wildman–Crippen LogP) is 1.81. The van der Waals surface area contributed by atoms with Gasteiger partial charge in [0.1, 0.15) is 0 Å². The van der Waals surface area contributed by atoms with Gasteiger partial charge in [-0.1, -0.05) is 13.3 Å². The molecule has 0 saturated carbocycles. The lowest BCUT2D eigenvalue weighted by molar-refractivity contribution is 0.123. The van der Waals surface area contributed by atoms with Crippen LogP contribution in [0.2, 0.25) is 0 Å². The van der Waals surface area contributed by atoms with Crippen LogP contribution in [0.3, 0.4) is 0 Å². The standard InChI is InChI=1S/C12H22N2O/c1-2-3-10-15-11-9-14-8-4-5-12(14)6-7-13/h4-5,8H,2-3,6-7,9-11,13H2,1H3. The number of unbranched alkanes of at least 4 members (excludes halogenated alkanes) is 1. The van der Waals surface area contributed by atoms with Crippen LogP contribution in [-0.4, -0.2) is 24.3 Å². The molecular weight excluding hydrogens is 188 g/mol. The Kier molecular flexibility index (Phi) is 6.12. The van der Waals surface area contributed by atoms with Crippen LogP contribution in [0.15, 0.2) is 18.3 Å². The maximum absolute atomic E-state index is 5.54. The quantitative estimate of drug-likeness (QED) is 0.665. The van der Waals surface area contributed by atoms with Gasteiger partial charge in [0.25, 0.3) is 0 Å². The number of hydrogen-bond donors (Lipinski definition) is 1. The average molecular weight is 210 g/mol. The van der Waals surface area contributed by atoms with Crippen molar-refractivity contribution in [1.82, 2.24) is 4.57 Å². The summed E-state index contributed by atoms with van der Waals surface area (Å²) in [7, 11) is 0. The Balaban J connectivity index is 2.21. The molecule has 15 heavy (non-hydrogen) atoms. The molecular formula is C12H22N2O. The molecule has 0 aliphatic carbocycles. The third kappa shape index (κ3) is 4.49. The van der Waals surface area contributed by atoms with E-state index in [9.17, 15) is 0 Å². The largest absolute Gasteiger partial charge is 0.380 e. The van der Waals surface area contributed by atoms with Crippen molar-refractivity contribution in [2.75, 3.05) is 19.8 Å². The number of nitrogens with two attached hydrogens (primary N) is 1. The lowest BCUT2D eigenvalue weighted by Gasteiger charge is -2.08. The van der Waals surface area contributed by atoms with Crippen molar-refractivity contribution in [2.24, 2.45) is 5.73 Å². The Hall–Kier alpha value is -0.800. The van der Waals surface area contributed by atoms with E-state index in [0.29, 0.717) is 6.54 Å². The van der Waals surface area contributed by atoms with E-state index >= 15 is 0 Å². The predicted molar refractivity (Wildman–Crippen MR) is 62.9 cm³/mol. The van der Waals surface area contributed by atoms with Gasteiger partial charge < -0.3 is 15.0 Å². The van der Waals surface area contributed by atoms with E-state index in [1.807, 2.05) is 0 Å². The molecule has 1 aromatic rings. The van der Waals surface area contributed by atoms with E-state index < -0.39 is 0 Å². The summed E-state index contributed by atoms with van der Waals surface area (Å²) in [5.74, 6) is 0. The molecule has 86 valence electrons. The van der Waals surface area contributed by atoms with Crippen molar-refractivity contribution in [3.8, 4) is 0 Å². The lowest BCUT2D eigenvalue weighted by Crippen LogP contribution is -2.11. The van der Waals surface area contributed by atoms with Crippen molar-refractivity contribution in [2.45, 2.75) is 32.7 Å². The molecule has 0 aliphatic heterocycles. The maximum Gasteiger partial charge on any atom is 0.0645 e. The Morgan fingerprint density at radius 2 is 2.27 bits per heavy atom. The van der Waals surface area contributed by atoms with Crippen LogP contribution < -0.4 is 5.73 Å². The molecule has 0 amide bonds. The molecule has 0 aromatic carbocycles. The molecule has 2 N–H and O–H groups in total. The van der Waals surface area contributed by atoms with Crippen LogP contribution in [0, 0.1) is 0 Å². The van der Waals surface area contributed by atoms with Crippen LogP contribution in [0.4, 0.5) is 0 Å². The van der Waals surface area contributed by atoms with Gasteiger partial charge in [0, 0.05) is 25.0 Å². The summed E-state index contributed by atoms with van der Waals surface area (Å²) in [6, 6.07) is 4.19. The number of rotatable bonds is 8. The maximum atomic E-state index is 5.54. The second kappa shape index (κ2) is 7.49. The SMILES string of the molecule is CCCCOCCn1cccc1CCN. The van der Waals surface area contributed by atoms with Gasteiger partial charge in [-0.2, -0.15) is 0 Å². The lowest BCUT2D eigenvalue weighted by atomic mass is 10.3. The van der Waals surface area contributed by atoms with E-state index in [1.54, 1.807) is 0 Å². The van der Waals surface area contributed by atoms with Crippen molar-refractivity contribution in [3.63, 3.8) is 0 Å². The molecule has 1 heterocycles. The molecule has 0 spiro atoms. The van der Waals surface area contributed by atoms with Crippen LogP contribution in [0.25, 0.3) is 0 Å². The Bertz CT molecular complexity index is 258. The summed E-state index contributed by atoms with van der Waals surface area (Å²) in [5.41, 5.74) is 6.84. The fraction of sp³-hybridized carbons (Fsp3) is 0.667. The molecule has 0 aliphatic rings. The van der Waals surface area contributed by atoms with Crippen LogP contribution >= 0.6 is 0 Å². The first-order valence-corrected chi connectivity index (χ1v) is 5.80. The molecule has 0 bridgehead atoms. The molecule has 1 aromatic heterocycles. The number of hydrogen-bond acceptors (Lipinski definition) is 2. The minimum Gasteiger partial charge on any atom is -0.380 e. The van der Waals surface area contributed by atoms with Gasteiger partial charge in [-0.25, -0.2) is 0 Å². The Morgan fingerprint density at radius 3 is 3.00 bits per heavy atom. The molecule has 1 rings (SSSR count). The average Bonchev–Trinajstić information content (AvgIpc) is 2.66. The highest BCUT2D eigenvalue weighted by Crippen LogP contribution is 2.02. The minimum absolute atomic E-state index is 0.709. The first-order chi connectivity index (χ1) is 7.38. The Morgan fingerprint density at radius 1 is 1.40 bits per heavy atom. The Labute approximate surface area is 92.2 Å². The van der Waals surface area contributed by atoms with Crippen LogP contribution in [0.5, 0.6) is 0 Å².